The minimum Gasteiger partial charge on any atom is -0.480 e. The van der Waals surface area contributed by atoms with Crippen LogP contribution in [0.5, 0.6) is 0 Å². The van der Waals surface area contributed by atoms with Crippen molar-refractivity contribution in [1.29, 1.82) is 0 Å². The zero-order valence-electron chi connectivity index (χ0n) is 11.3. The number of carboxylic acids is 1. The number of rotatable bonds is 3. The second kappa shape index (κ2) is 5.41. The minimum absolute atomic E-state index is 0.133. The molecule has 0 aliphatic carbocycles. The number of likely N-dealkylation sites (tertiary alicyclic amines) is 1. The average molecular weight is 307 g/mol. The van der Waals surface area contributed by atoms with Crippen LogP contribution in [0.1, 0.15) is 12.8 Å². The van der Waals surface area contributed by atoms with Gasteiger partial charge in [-0.1, -0.05) is 17.7 Å². The van der Waals surface area contributed by atoms with Gasteiger partial charge in [0.05, 0.1) is 0 Å². The van der Waals surface area contributed by atoms with Gasteiger partial charge >= 0.3 is 5.97 Å². The fraction of sp³-hybridized carbons (Fsp3) is 0.333. The first-order valence-corrected chi connectivity index (χ1v) is 7.21. The lowest BCUT2D eigenvalue weighted by Gasteiger charge is -2.21. The average Bonchev–Trinajstić information content (AvgIpc) is 3.06. The Labute approximate surface area is 126 Å². The van der Waals surface area contributed by atoms with E-state index < -0.39 is 12.0 Å². The standard InChI is InChI=1S/C15H15ClN2O3/c16-11-4-3-10-5-7-17(13(10)8-11)9-14(19)18-6-1-2-12(18)15(20)21/h3-5,7-8,12H,1-2,6,9H2,(H,20,21)/t12-/m1/s1. The molecule has 0 bridgehead atoms. The molecule has 1 amide bonds. The Hall–Kier alpha value is -2.01. The first-order chi connectivity index (χ1) is 10.1. The van der Waals surface area contributed by atoms with Crippen LogP contribution in [0.4, 0.5) is 0 Å². The second-order valence-electron chi connectivity index (χ2n) is 5.23. The van der Waals surface area contributed by atoms with E-state index in [4.69, 9.17) is 16.7 Å². The molecule has 1 aromatic carbocycles. The molecule has 1 N–H and O–H groups in total. The molecule has 1 aliphatic heterocycles. The summed E-state index contributed by atoms with van der Waals surface area (Å²) in [6.07, 6.45) is 3.09. The zero-order valence-corrected chi connectivity index (χ0v) is 12.1. The fourth-order valence-corrected chi connectivity index (χ4v) is 3.02. The molecule has 0 unspecified atom stereocenters. The molecule has 110 valence electrons. The predicted octanol–water partition coefficient (Wildman–Crippen LogP) is 2.37. The first-order valence-electron chi connectivity index (χ1n) is 6.83. The van der Waals surface area contributed by atoms with Crippen LogP contribution in [0.25, 0.3) is 10.9 Å². The van der Waals surface area contributed by atoms with Crippen LogP contribution >= 0.6 is 11.6 Å². The fourth-order valence-electron chi connectivity index (χ4n) is 2.85. The molecular weight excluding hydrogens is 292 g/mol. The highest BCUT2D eigenvalue weighted by molar-refractivity contribution is 6.31. The van der Waals surface area contributed by atoms with E-state index in [-0.39, 0.29) is 12.5 Å². The van der Waals surface area contributed by atoms with Gasteiger partial charge in [0.1, 0.15) is 12.6 Å². The van der Waals surface area contributed by atoms with Crippen LogP contribution in [0.2, 0.25) is 5.02 Å². The van der Waals surface area contributed by atoms with Crippen molar-refractivity contribution in [2.45, 2.75) is 25.4 Å². The predicted molar refractivity (Wildman–Crippen MR) is 79.3 cm³/mol. The lowest BCUT2D eigenvalue weighted by Crippen LogP contribution is -2.41. The van der Waals surface area contributed by atoms with E-state index in [0.717, 1.165) is 17.3 Å². The summed E-state index contributed by atoms with van der Waals surface area (Å²) in [5, 5.41) is 10.8. The van der Waals surface area contributed by atoms with Gasteiger partial charge < -0.3 is 14.6 Å². The molecule has 2 heterocycles. The van der Waals surface area contributed by atoms with E-state index in [0.29, 0.717) is 18.0 Å². The van der Waals surface area contributed by atoms with Gasteiger partial charge in [0, 0.05) is 23.3 Å². The summed E-state index contributed by atoms with van der Waals surface area (Å²) < 4.78 is 1.81. The van der Waals surface area contributed by atoms with Crippen LogP contribution in [-0.2, 0) is 16.1 Å². The molecule has 2 aromatic rings. The SMILES string of the molecule is O=C(O)[C@H]1CCCN1C(=O)Cn1ccc2ccc(Cl)cc21. The Balaban J connectivity index is 1.83. The van der Waals surface area contributed by atoms with E-state index >= 15 is 0 Å². The summed E-state index contributed by atoms with van der Waals surface area (Å²) in [5.74, 6) is -1.10. The third-order valence-electron chi connectivity index (χ3n) is 3.90. The van der Waals surface area contributed by atoms with Crippen LogP contribution in [0, 0.1) is 0 Å². The highest BCUT2D eigenvalue weighted by Crippen LogP contribution is 2.22. The summed E-state index contributed by atoms with van der Waals surface area (Å²) in [6.45, 7) is 0.642. The van der Waals surface area contributed by atoms with E-state index in [2.05, 4.69) is 0 Å². The van der Waals surface area contributed by atoms with Crippen molar-refractivity contribution < 1.29 is 14.7 Å². The molecule has 1 aliphatic rings. The van der Waals surface area contributed by atoms with Crippen molar-refractivity contribution in [3.8, 4) is 0 Å². The number of carboxylic acid groups (broad SMARTS) is 1. The van der Waals surface area contributed by atoms with Crippen molar-refractivity contribution in [3.05, 3.63) is 35.5 Å². The van der Waals surface area contributed by atoms with Crippen molar-refractivity contribution in [2.24, 2.45) is 0 Å². The number of hydrogen-bond donors (Lipinski definition) is 1. The molecule has 0 spiro atoms. The normalized spacial score (nSPS) is 18.3. The summed E-state index contributed by atoms with van der Waals surface area (Å²) >= 11 is 5.99. The molecule has 6 heteroatoms. The summed E-state index contributed by atoms with van der Waals surface area (Å²) in [5.41, 5.74) is 0.877. The van der Waals surface area contributed by atoms with E-state index in [1.807, 2.05) is 24.4 Å². The molecule has 21 heavy (non-hydrogen) atoms. The smallest absolute Gasteiger partial charge is 0.326 e. The molecule has 1 aromatic heterocycles. The highest BCUT2D eigenvalue weighted by atomic mass is 35.5. The first kappa shape index (κ1) is 13.9. The Morgan fingerprint density at radius 2 is 2.14 bits per heavy atom. The van der Waals surface area contributed by atoms with Crippen molar-refractivity contribution >= 4 is 34.4 Å². The third kappa shape index (κ3) is 2.61. The number of benzene rings is 1. The maximum Gasteiger partial charge on any atom is 0.326 e. The summed E-state index contributed by atoms with van der Waals surface area (Å²) in [6, 6.07) is 6.73. The number of aliphatic carboxylic acids is 1. The molecule has 1 saturated heterocycles. The molecule has 3 rings (SSSR count). The zero-order chi connectivity index (χ0) is 15.0. The minimum atomic E-state index is -0.929. The number of halogens is 1. The monoisotopic (exact) mass is 306 g/mol. The summed E-state index contributed by atoms with van der Waals surface area (Å²) in [4.78, 5) is 25.0. The number of carbonyl (C=O) groups excluding carboxylic acids is 1. The van der Waals surface area contributed by atoms with Gasteiger partial charge in [0.25, 0.3) is 0 Å². The quantitative estimate of drug-likeness (QED) is 0.947. The van der Waals surface area contributed by atoms with Crippen LogP contribution in [0.15, 0.2) is 30.5 Å². The van der Waals surface area contributed by atoms with Crippen LogP contribution in [-0.4, -0.2) is 39.0 Å². The molecule has 1 atom stereocenters. The Bertz CT molecular complexity index is 710. The van der Waals surface area contributed by atoms with Gasteiger partial charge in [-0.05, 0) is 36.4 Å². The number of hydrogen-bond acceptors (Lipinski definition) is 2. The Morgan fingerprint density at radius 3 is 2.90 bits per heavy atom. The maximum atomic E-state index is 12.4. The topological polar surface area (TPSA) is 62.5 Å². The molecule has 0 radical (unpaired) electrons. The third-order valence-corrected chi connectivity index (χ3v) is 4.13. The number of nitrogens with zero attached hydrogens (tertiary/aromatic N) is 2. The van der Waals surface area contributed by atoms with Crippen molar-refractivity contribution in [3.63, 3.8) is 0 Å². The van der Waals surface area contributed by atoms with Gasteiger partial charge in [-0.15, -0.1) is 0 Å². The van der Waals surface area contributed by atoms with Gasteiger partial charge in [0.2, 0.25) is 5.91 Å². The van der Waals surface area contributed by atoms with Crippen molar-refractivity contribution in [1.82, 2.24) is 9.47 Å². The molecule has 5 nitrogen and oxygen atoms in total. The lowest BCUT2D eigenvalue weighted by molar-refractivity contribution is -0.148. The van der Waals surface area contributed by atoms with E-state index in [9.17, 15) is 9.59 Å². The Morgan fingerprint density at radius 1 is 1.33 bits per heavy atom. The van der Waals surface area contributed by atoms with Crippen molar-refractivity contribution in [2.75, 3.05) is 6.54 Å². The number of amides is 1. The van der Waals surface area contributed by atoms with Gasteiger partial charge in [0.15, 0.2) is 0 Å². The van der Waals surface area contributed by atoms with Crippen LogP contribution < -0.4 is 0 Å². The molecule has 0 saturated carbocycles. The summed E-state index contributed by atoms with van der Waals surface area (Å²) in [7, 11) is 0. The molecular formula is C15H15ClN2O3. The second-order valence-corrected chi connectivity index (χ2v) is 5.67. The van der Waals surface area contributed by atoms with Crippen LogP contribution in [0.3, 0.4) is 0 Å². The van der Waals surface area contributed by atoms with E-state index in [1.54, 1.807) is 10.6 Å². The molecule has 1 fully saturated rings. The van der Waals surface area contributed by atoms with Gasteiger partial charge in [-0.2, -0.15) is 0 Å². The highest BCUT2D eigenvalue weighted by Gasteiger charge is 2.33. The van der Waals surface area contributed by atoms with E-state index in [1.165, 1.54) is 4.90 Å². The van der Waals surface area contributed by atoms with Gasteiger partial charge in [-0.25, -0.2) is 4.79 Å². The largest absolute Gasteiger partial charge is 0.480 e. The number of fused-ring (bicyclic) bond motifs is 1. The van der Waals surface area contributed by atoms with Gasteiger partial charge in [-0.3, -0.25) is 4.79 Å². The lowest BCUT2D eigenvalue weighted by atomic mass is 10.2. The Kier molecular flexibility index (Phi) is 3.59. The maximum absolute atomic E-state index is 12.4. The number of carbonyl (C=O) groups is 2. The number of aromatic nitrogens is 1.